The van der Waals surface area contributed by atoms with E-state index in [-0.39, 0.29) is 17.4 Å². The molecule has 3 aliphatic rings. The topological polar surface area (TPSA) is 97.5 Å². The highest BCUT2D eigenvalue weighted by Crippen LogP contribution is 2.59. The van der Waals surface area contributed by atoms with Crippen LogP contribution in [0.2, 0.25) is 0 Å². The lowest BCUT2D eigenvalue weighted by atomic mass is 9.99. The predicted molar refractivity (Wildman–Crippen MR) is 109 cm³/mol. The molecule has 152 valence electrons. The molecule has 1 unspecified atom stereocenters. The summed E-state index contributed by atoms with van der Waals surface area (Å²) in [6.45, 7) is 5.94. The molecule has 4 rings (SSSR count). The summed E-state index contributed by atoms with van der Waals surface area (Å²) in [4.78, 5) is 32.1. The Morgan fingerprint density at radius 2 is 2.07 bits per heavy atom. The molecule has 1 aliphatic heterocycles. The number of amides is 2. The fourth-order valence-corrected chi connectivity index (χ4v) is 4.51. The number of likely N-dealkylation sites (tertiary alicyclic amines) is 1. The molecule has 0 radical (unpaired) electrons. The van der Waals surface area contributed by atoms with E-state index < -0.39 is 17.7 Å². The number of nitrogens with one attached hydrogen (secondary N) is 1. The number of aromatic nitrogens is 1. The van der Waals surface area contributed by atoms with Gasteiger partial charge in [-0.1, -0.05) is 6.07 Å². The van der Waals surface area contributed by atoms with Gasteiger partial charge in [-0.15, -0.1) is 0 Å². The molecule has 8 heteroatoms. The fraction of sp³-hybridized carbons (Fsp3) is 0.650. The Kier molecular flexibility index (Phi) is 4.69. The van der Waals surface area contributed by atoms with Crippen LogP contribution in [-0.2, 0) is 9.53 Å². The van der Waals surface area contributed by atoms with Crippen LogP contribution < -0.4 is 11.1 Å². The molecule has 3 atom stereocenters. The van der Waals surface area contributed by atoms with E-state index in [4.69, 9.17) is 10.5 Å². The van der Waals surface area contributed by atoms with E-state index in [1.54, 1.807) is 4.90 Å². The zero-order valence-corrected chi connectivity index (χ0v) is 18.1. The van der Waals surface area contributed by atoms with Gasteiger partial charge >= 0.3 is 6.09 Å². The van der Waals surface area contributed by atoms with Gasteiger partial charge in [-0.2, -0.15) is 0 Å². The molecular formula is C20H27BrN4O3. The standard InChI is InChI=1S/C20H27BrN4O3/c1-19(2,3)28-18(27)25-13(8-20(10-22)9-14(20)25)17(26)24-16-12(11-4-5-11)6-7-15(21)23-16/h6-7,11,13-14H,4-5,8-10,22H2,1-3H3,(H,23,24,26)/t13-,14?,20-/m0/s1. The highest BCUT2D eigenvalue weighted by Gasteiger charge is 2.67. The highest BCUT2D eigenvalue weighted by molar-refractivity contribution is 9.10. The first kappa shape index (κ1) is 19.6. The van der Waals surface area contributed by atoms with Crippen molar-refractivity contribution in [2.45, 2.75) is 70.1 Å². The second kappa shape index (κ2) is 6.69. The van der Waals surface area contributed by atoms with Crippen molar-refractivity contribution in [2.75, 3.05) is 11.9 Å². The van der Waals surface area contributed by atoms with E-state index in [1.165, 1.54) is 0 Å². The molecule has 1 saturated heterocycles. The van der Waals surface area contributed by atoms with Gasteiger partial charge in [0.05, 0.1) is 0 Å². The number of fused-ring (bicyclic) bond motifs is 1. The van der Waals surface area contributed by atoms with E-state index in [1.807, 2.05) is 32.9 Å². The number of pyridine rings is 1. The van der Waals surface area contributed by atoms with Crippen molar-refractivity contribution in [3.05, 3.63) is 22.3 Å². The minimum Gasteiger partial charge on any atom is -0.444 e. The molecule has 2 aliphatic carbocycles. The van der Waals surface area contributed by atoms with Gasteiger partial charge in [-0.05, 0) is 79.9 Å². The number of nitrogens with two attached hydrogens (primary N) is 1. The van der Waals surface area contributed by atoms with Crippen LogP contribution in [0.4, 0.5) is 10.6 Å². The molecule has 0 bridgehead atoms. The lowest BCUT2D eigenvalue weighted by Crippen LogP contribution is -2.47. The van der Waals surface area contributed by atoms with Crippen LogP contribution in [0, 0.1) is 5.41 Å². The normalized spacial score (nSPS) is 28.7. The monoisotopic (exact) mass is 450 g/mol. The summed E-state index contributed by atoms with van der Waals surface area (Å²) in [7, 11) is 0. The van der Waals surface area contributed by atoms with Gasteiger partial charge in [0.2, 0.25) is 5.91 Å². The van der Waals surface area contributed by atoms with Crippen molar-refractivity contribution < 1.29 is 14.3 Å². The number of nitrogens with zero attached hydrogens (tertiary/aromatic N) is 2. The Balaban J connectivity index is 1.56. The summed E-state index contributed by atoms with van der Waals surface area (Å²) in [6, 6.07) is 3.28. The molecule has 2 heterocycles. The number of piperidine rings is 1. The molecule has 3 fully saturated rings. The van der Waals surface area contributed by atoms with Gasteiger partial charge in [0.15, 0.2) is 0 Å². The third-order valence-electron chi connectivity index (χ3n) is 5.88. The maximum Gasteiger partial charge on any atom is 0.411 e. The molecule has 3 N–H and O–H groups in total. The first-order valence-corrected chi connectivity index (χ1v) is 10.6. The maximum atomic E-state index is 13.2. The van der Waals surface area contributed by atoms with E-state index in [9.17, 15) is 9.59 Å². The summed E-state index contributed by atoms with van der Waals surface area (Å²) < 4.78 is 6.24. The SMILES string of the molecule is CC(C)(C)OC(=O)N1C2C[C@]2(CN)C[C@H]1C(=O)Nc1nc(Br)ccc1C1CC1. The molecule has 7 nitrogen and oxygen atoms in total. The Morgan fingerprint density at radius 1 is 1.36 bits per heavy atom. The number of hydrogen-bond donors (Lipinski definition) is 2. The molecule has 0 spiro atoms. The first-order valence-electron chi connectivity index (χ1n) is 9.82. The van der Waals surface area contributed by atoms with Crippen LogP contribution in [0.15, 0.2) is 16.7 Å². The van der Waals surface area contributed by atoms with Crippen LogP contribution in [0.5, 0.6) is 0 Å². The van der Waals surface area contributed by atoms with Crippen molar-refractivity contribution in [1.82, 2.24) is 9.88 Å². The summed E-state index contributed by atoms with van der Waals surface area (Å²) in [5, 5.41) is 2.97. The van der Waals surface area contributed by atoms with E-state index in [2.05, 4.69) is 26.2 Å². The third kappa shape index (κ3) is 3.64. The molecule has 28 heavy (non-hydrogen) atoms. The lowest BCUT2D eigenvalue weighted by Gasteiger charge is -2.30. The van der Waals surface area contributed by atoms with Crippen LogP contribution in [0.3, 0.4) is 0 Å². The number of hydrogen-bond acceptors (Lipinski definition) is 5. The van der Waals surface area contributed by atoms with E-state index in [0.717, 1.165) is 24.8 Å². The molecule has 1 aromatic rings. The minimum atomic E-state index is -0.619. The molecular weight excluding hydrogens is 424 g/mol. The fourth-order valence-electron chi connectivity index (χ4n) is 4.20. The zero-order chi connectivity index (χ0) is 20.3. The maximum absolute atomic E-state index is 13.2. The lowest BCUT2D eigenvalue weighted by molar-refractivity contribution is -0.121. The molecule has 2 saturated carbocycles. The Hall–Kier alpha value is -1.67. The van der Waals surface area contributed by atoms with Gasteiger partial charge in [-0.3, -0.25) is 9.69 Å². The van der Waals surface area contributed by atoms with Crippen LogP contribution in [0.25, 0.3) is 0 Å². The average molecular weight is 451 g/mol. The number of carbonyl (C=O) groups is 2. The largest absolute Gasteiger partial charge is 0.444 e. The molecule has 0 aromatic carbocycles. The van der Waals surface area contributed by atoms with E-state index in [0.29, 0.717) is 29.3 Å². The van der Waals surface area contributed by atoms with Crippen LogP contribution in [0.1, 0.15) is 57.9 Å². The van der Waals surface area contributed by atoms with Crippen molar-refractivity contribution in [1.29, 1.82) is 0 Å². The second-order valence-electron chi connectivity index (χ2n) is 9.23. The predicted octanol–water partition coefficient (Wildman–Crippen LogP) is 3.39. The molecule has 1 aromatic heterocycles. The average Bonchev–Trinajstić information content (AvgIpc) is 3.51. The van der Waals surface area contributed by atoms with E-state index >= 15 is 0 Å². The van der Waals surface area contributed by atoms with Crippen LogP contribution in [-0.4, -0.2) is 46.1 Å². The summed E-state index contributed by atoms with van der Waals surface area (Å²) in [6.07, 6.45) is 3.16. The van der Waals surface area contributed by atoms with Gasteiger partial charge in [0, 0.05) is 18.0 Å². The second-order valence-corrected chi connectivity index (χ2v) is 10.0. The van der Waals surface area contributed by atoms with Gasteiger partial charge in [-0.25, -0.2) is 9.78 Å². The Labute approximate surface area is 173 Å². The van der Waals surface area contributed by atoms with Crippen molar-refractivity contribution in [2.24, 2.45) is 11.1 Å². The van der Waals surface area contributed by atoms with Crippen LogP contribution >= 0.6 is 15.9 Å². The van der Waals surface area contributed by atoms with Crippen molar-refractivity contribution in [3.63, 3.8) is 0 Å². The van der Waals surface area contributed by atoms with Gasteiger partial charge < -0.3 is 15.8 Å². The summed E-state index contributed by atoms with van der Waals surface area (Å²) in [5.74, 6) is 0.803. The number of carbonyl (C=O) groups excluding carboxylic acids is 2. The number of halogens is 1. The quantitative estimate of drug-likeness (QED) is 0.684. The Bertz CT molecular complexity index is 820. The Morgan fingerprint density at radius 3 is 2.68 bits per heavy atom. The number of ether oxygens (including phenoxy) is 1. The zero-order valence-electron chi connectivity index (χ0n) is 16.5. The summed E-state index contributed by atoms with van der Waals surface area (Å²) in [5.41, 5.74) is 6.25. The number of anilines is 1. The third-order valence-corrected chi connectivity index (χ3v) is 6.32. The smallest absolute Gasteiger partial charge is 0.411 e. The summed E-state index contributed by atoms with van der Waals surface area (Å²) >= 11 is 3.38. The minimum absolute atomic E-state index is 0.0264. The number of rotatable bonds is 4. The van der Waals surface area contributed by atoms with Crippen molar-refractivity contribution >= 4 is 33.7 Å². The first-order chi connectivity index (χ1) is 13.1. The highest BCUT2D eigenvalue weighted by atomic mass is 79.9. The van der Waals surface area contributed by atoms with Gasteiger partial charge in [0.25, 0.3) is 0 Å². The molecule has 2 amide bonds. The van der Waals surface area contributed by atoms with Crippen molar-refractivity contribution in [3.8, 4) is 0 Å². The van der Waals surface area contributed by atoms with Gasteiger partial charge in [0.1, 0.15) is 22.1 Å².